The van der Waals surface area contributed by atoms with Crippen molar-refractivity contribution in [2.45, 2.75) is 20.3 Å². The molecule has 26 heavy (non-hydrogen) atoms. The molecule has 0 radical (unpaired) electrons. The summed E-state index contributed by atoms with van der Waals surface area (Å²) >= 11 is 0. The van der Waals surface area contributed by atoms with Crippen molar-refractivity contribution < 1.29 is 4.79 Å². The number of rotatable bonds is 3. The van der Waals surface area contributed by atoms with Gasteiger partial charge in [-0.3, -0.25) is 9.78 Å². The zero-order valence-corrected chi connectivity index (χ0v) is 15.0. The minimum Gasteiger partial charge on any atom is -0.355 e. The molecule has 1 N–H and O–H groups in total. The molecule has 0 saturated heterocycles. The Labute approximate surface area is 153 Å². The van der Waals surface area contributed by atoms with Crippen LogP contribution in [0, 0.1) is 13.8 Å². The average Bonchev–Trinajstić information content (AvgIpc) is 3.08. The van der Waals surface area contributed by atoms with Gasteiger partial charge in [-0.25, -0.2) is 0 Å². The molecule has 0 spiro atoms. The van der Waals surface area contributed by atoms with Crippen molar-refractivity contribution in [3.63, 3.8) is 0 Å². The topological polar surface area (TPSA) is 45.2 Å². The van der Waals surface area contributed by atoms with Crippen LogP contribution in [0.1, 0.15) is 27.2 Å². The van der Waals surface area contributed by atoms with Gasteiger partial charge in [0.1, 0.15) is 5.69 Å². The number of pyridine rings is 1. The number of aryl methyl sites for hydroxylation is 2. The smallest absolute Gasteiger partial charge is 0.276 e. The van der Waals surface area contributed by atoms with E-state index in [1.54, 1.807) is 6.20 Å². The molecule has 0 unspecified atom stereocenters. The summed E-state index contributed by atoms with van der Waals surface area (Å²) in [5.74, 6) is -0.0568. The second-order valence-electron chi connectivity index (χ2n) is 6.69. The molecule has 2 heterocycles. The Morgan fingerprint density at radius 1 is 1.00 bits per heavy atom. The maximum atomic E-state index is 12.9. The molecular weight excluding hydrogens is 322 g/mol. The summed E-state index contributed by atoms with van der Waals surface area (Å²) in [5.41, 5.74) is 7.01. The van der Waals surface area contributed by atoms with E-state index >= 15 is 0 Å². The lowest BCUT2D eigenvalue weighted by molar-refractivity contribution is 0.0984. The number of nitrogens with zero attached hydrogens (tertiary/aromatic N) is 2. The first-order chi connectivity index (χ1) is 12.6. The van der Waals surface area contributed by atoms with E-state index < -0.39 is 0 Å². The van der Waals surface area contributed by atoms with Crippen LogP contribution in [0.2, 0.25) is 0 Å². The van der Waals surface area contributed by atoms with Crippen molar-refractivity contribution in [2.75, 3.05) is 16.8 Å². The molecule has 0 bridgehead atoms. The second kappa shape index (κ2) is 6.64. The van der Waals surface area contributed by atoms with Crippen LogP contribution < -0.4 is 10.2 Å². The van der Waals surface area contributed by atoms with E-state index in [1.165, 1.54) is 16.7 Å². The third-order valence-corrected chi connectivity index (χ3v) is 4.91. The van der Waals surface area contributed by atoms with Crippen molar-refractivity contribution in [1.82, 2.24) is 4.98 Å². The van der Waals surface area contributed by atoms with Gasteiger partial charge < -0.3 is 10.2 Å². The molecule has 1 aromatic heterocycles. The lowest BCUT2D eigenvalue weighted by Crippen LogP contribution is -2.29. The van der Waals surface area contributed by atoms with Gasteiger partial charge in [-0.1, -0.05) is 24.3 Å². The Kier molecular flexibility index (Phi) is 4.17. The van der Waals surface area contributed by atoms with Crippen molar-refractivity contribution in [3.05, 3.63) is 83.2 Å². The van der Waals surface area contributed by atoms with Crippen molar-refractivity contribution in [1.29, 1.82) is 0 Å². The fourth-order valence-corrected chi connectivity index (χ4v) is 3.30. The molecule has 1 aliphatic heterocycles. The summed E-state index contributed by atoms with van der Waals surface area (Å²) in [5, 5.41) is 3.37. The van der Waals surface area contributed by atoms with E-state index in [-0.39, 0.29) is 5.91 Å². The van der Waals surface area contributed by atoms with Crippen molar-refractivity contribution in [3.8, 4) is 0 Å². The third-order valence-electron chi connectivity index (χ3n) is 4.91. The molecule has 0 aliphatic carbocycles. The van der Waals surface area contributed by atoms with Gasteiger partial charge in [0.15, 0.2) is 0 Å². The normalized spacial score (nSPS) is 12.8. The van der Waals surface area contributed by atoms with Gasteiger partial charge in [0.25, 0.3) is 5.91 Å². The number of amides is 1. The molecule has 2 aromatic carbocycles. The molecule has 130 valence electrons. The number of para-hydroxylation sites is 1. The van der Waals surface area contributed by atoms with Gasteiger partial charge in [0, 0.05) is 29.8 Å². The van der Waals surface area contributed by atoms with Crippen LogP contribution in [-0.4, -0.2) is 17.4 Å². The Morgan fingerprint density at radius 2 is 1.81 bits per heavy atom. The molecule has 4 rings (SSSR count). The predicted molar refractivity (Wildman–Crippen MR) is 105 cm³/mol. The molecule has 4 heteroatoms. The van der Waals surface area contributed by atoms with Crippen LogP contribution in [-0.2, 0) is 6.42 Å². The molecule has 1 amide bonds. The van der Waals surface area contributed by atoms with Crippen molar-refractivity contribution >= 4 is 23.0 Å². The first kappa shape index (κ1) is 16.3. The average molecular weight is 343 g/mol. The van der Waals surface area contributed by atoms with E-state index in [0.717, 1.165) is 23.5 Å². The summed E-state index contributed by atoms with van der Waals surface area (Å²) in [7, 11) is 0. The molecular formula is C22H21N3O. The largest absolute Gasteiger partial charge is 0.355 e. The number of aromatic nitrogens is 1. The van der Waals surface area contributed by atoms with Gasteiger partial charge in [0.2, 0.25) is 0 Å². The Bertz CT molecular complexity index is 981. The molecule has 0 atom stereocenters. The fourth-order valence-electron chi connectivity index (χ4n) is 3.30. The maximum absolute atomic E-state index is 12.9. The number of carbonyl (C=O) groups excluding carboxylic acids is 1. The lowest BCUT2D eigenvalue weighted by atomic mass is 10.1. The predicted octanol–water partition coefficient (Wildman–Crippen LogP) is 4.64. The number of hydrogen-bond acceptors (Lipinski definition) is 3. The zero-order chi connectivity index (χ0) is 18.1. The highest BCUT2D eigenvalue weighted by Gasteiger charge is 2.25. The van der Waals surface area contributed by atoms with E-state index in [0.29, 0.717) is 12.2 Å². The summed E-state index contributed by atoms with van der Waals surface area (Å²) in [6.45, 7) is 4.89. The highest BCUT2D eigenvalue weighted by atomic mass is 16.2. The minimum absolute atomic E-state index is 0.0568. The van der Waals surface area contributed by atoms with Gasteiger partial charge in [-0.05, 0) is 67.3 Å². The highest BCUT2D eigenvalue weighted by molar-refractivity contribution is 6.06. The van der Waals surface area contributed by atoms with Crippen LogP contribution in [0.5, 0.6) is 0 Å². The van der Waals surface area contributed by atoms with Crippen LogP contribution in [0.3, 0.4) is 0 Å². The van der Waals surface area contributed by atoms with E-state index in [4.69, 9.17) is 0 Å². The van der Waals surface area contributed by atoms with Gasteiger partial charge in [-0.15, -0.1) is 0 Å². The minimum atomic E-state index is -0.0568. The Morgan fingerprint density at radius 3 is 2.65 bits per heavy atom. The molecule has 0 saturated carbocycles. The fraction of sp³-hybridized carbons (Fsp3) is 0.182. The summed E-state index contributed by atoms with van der Waals surface area (Å²) in [6, 6.07) is 18.0. The van der Waals surface area contributed by atoms with E-state index in [1.807, 2.05) is 41.3 Å². The number of carbonyl (C=O) groups is 1. The zero-order valence-electron chi connectivity index (χ0n) is 15.0. The quantitative estimate of drug-likeness (QED) is 0.753. The number of benzene rings is 2. The molecule has 3 aromatic rings. The van der Waals surface area contributed by atoms with Gasteiger partial charge in [0.05, 0.1) is 0 Å². The maximum Gasteiger partial charge on any atom is 0.276 e. The lowest BCUT2D eigenvalue weighted by Gasteiger charge is -2.17. The SMILES string of the molecule is Cc1ccc(Nc2ccnc(C(=O)N3CCc4ccccc43)c2)cc1C. The molecule has 4 nitrogen and oxygen atoms in total. The number of nitrogens with one attached hydrogen (secondary N) is 1. The van der Waals surface area contributed by atoms with Crippen LogP contribution in [0.4, 0.5) is 17.1 Å². The molecule has 0 fully saturated rings. The summed E-state index contributed by atoms with van der Waals surface area (Å²) in [6.07, 6.45) is 2.57. The van der Waals surface area contributed by atoms with Crippen LogP contribution in [0.25, 0.3) is 0 Å². The third kappa shape index (κ3) is 3.06. The number of fused-ring (bicyclic) bond motifs is 1. The number of anilines is 3. The second-order valence-corrected chi connectivity index (χ2v) is 6.69. The first-order valence-electron chi connectivity index (χ1n) is 8.82. The standard InChI is InChI=1S/C22H21N3O/c1-15-7-8-18(13-16(15)2)24-19-9-11-23-20(14-19)22(26)25-12-10-17-5-3-4-6-21(17)25/h3-9,11,13-14H,10,12H2,1-2H3,(H,23,24). The summed E-state index contributed by atoms with van der Waals surface area (Å²) < 4.78 is 0. The summed E-state index contributed by atoms with van der Waals surface area (Å²) in [4.78, 5) is 19.1. The van der Waals surface area contributed by atoms with Gasteiger partial charge in [-0.2, -0.15) is 0 Å². The monoisotopic (exact) mass is 343 g/mol. The van der Waals surface area contributed by atoms with Crippen LogP contribution >= 0.6 is 0 Å². The van der Waals surface area contributed by atoms with Gasteiger partial charge >= 0.3 is 0 Å². The van der Waals surface area contributed by atoms with E-state index in [2.05, 4.69) is 42.3 Å². The Balaban J connectivity index is 1.58. The van der Waals surface area contributed by atoms with Crippen molar-refractivity contribution in [2.24, 2.45) is 0 Å². The van der Waals surface area contributed by atoms with Crippen LogP contribution in [0.15, 0.2) is 60.8 Å². The van der Waals surface area contributed by atoms with E-state index in [9.17, 15) is 4.79 Å². The molecule has 1 aliphatic rings. The highest BCUT2D eigenvalue weighted by Crippen LogP contribution is 2.29. The Hall–Kier alpha value is -3.14. The number of hydrogen-bond donors (Lipinski definition) is 1. The first-order valence-corrected chi connectivity index (χ1v) is 8.82.